The normalized spacial score (nSPS) is 27.4. The molecular weight excluding hydrogens is 242 g/mol. The molecule has 1 saturated heterocycles. The van der Waals surface area contributed by atoms with Crippen LogP contribution < -0.4 is 0 Å². The Kier molecular flexibility index (Phi) is 4.09. The molecule has 110 valence electrons. The second-order valence-corrected chi connectivity index (χ2v) is 7.00. The zero-order valence-corrected chi connectivity index (χ0v) is 12.4. The summed E-state index contributed by atoms with van der Waals surface area (Å²) in [6.07, 6.45) is 6.55. The minimum atomic E-state index is -0.689. The van der Waals surface area contributed by atoms with E-state index in [1.807, 2.05) is 20.8 Å². The van der Waals surface area contributed by atoms with Gasteiger partial charge in [-0.15, -0.1) is 0 Å². The number of nitrogens with zero attached hydrogens (tertiary/aromatic N) is 1. The first-order valence-corrected chi connectivity index (χ1v) is 7.54. The van der Waals surface area contributed by atoms with E-state index in [0.29, 0.717) is 6.54 Å². The van der Waals surface area contributed by atoms with Crippen molar-refractivity contribution in [2.75, 3.05) is 6.54 Å². The van der Waals surface area contributed by atoms with Crippen LogP contribution in [0.5, 0.6) is 0 Å². The lowest BCUT2D eigenvalue weighted by atomic mass is 9.78. The molecule has 1 amide bonds. The Hall–Kier alpha value is -0.770. The van der Waals surface area contributed by atoms with Gasteiger partial charge in [0.2, 0.25) is 0 Å². The van der Waals surface area contributed by atoms with E-state index >= 15 is 0 Å². The number of amides is 1. The van der Waals surface area contributed by atoms with Gasteiger partial charge in [-0.2, -0.15) is 0 Å². The van der Waals surface area contributed by atoms with E-state index in [4.69, 9.17) is 4.74 Å². The molecule has 0 aromatic rings. The van der Waals surface area contributed by atoms with Gasteiger partial charge in [-0.1, -0.05) is 19.3 Å². The number of hydrogen-bond acceptors (Lipinski definition) is 3. The Labute approximate surface area is 116 Å². The van der Waals surface area contributed by atoms with Crippen LogP contribution in [0.25, 0.3) is 0 Å². The highest BCUT2D eigenvalue weighted by atomic mass is 16.6. The van der Waals surface area contributed by atoms with Crippen molar-refractivity contribution in [3.8, 4) is 0 Å². The monoisotopic (exact) mass is 269 g/mol. The third kappa shape index (κ3) is 3.41. The molecule has 0 aromatic carbocycles. The number of aliphatic hydroxyl groups is 1. The molecule has 4 heteroatoms. The Morgan fingerprint density at radius 3 is 2.42 bits per heavy atom. The lowest BCUT2D eigenvalue weighted by Gasteiger charge is -2.41. The summed E-state index contributed by atoms with van der Waals surface area (Å²) in [6.45, 7) is 6.35. The van der Waals surface area contributed by atoms with Crippen LogP contribution in [-0.2, 0) is 4.74 Å². The summed E-state index contributed by atoms with van der Waals surface area (Å²) in [5, 5.41) is 10.8. The van der Waals surface area contributed by atoms with Gasteiger partial charge >= 0.3 is 6.09 Å². The first-order chi connectivity index (χ1) is 8.82. The van der Waals surface area contributed by atoms with Crippen molar-refractivity contribution in [1.29, 1.82) is 0 Å². The number of rotatable bonds is 1. The molecule has 0 radical (unpaired) electrons. The SMILES string of the molecule is CC(C)(C)OC(=O)N1CCC[C@H]1C1(O)CCCCC1. The Morgan fingerprint density at radius 2 is 1.84 bits per heavy atom. The molecule has 0 aromatic heterocycles. The fraction of sp³-hybridized carbons (Fsp3) is 0.933. The van der Waals surface area contributed by atoms with Crippen molar-refractivity contribution >= 4 is 6.09 Å². The van der Waals surface area contributed by atoms with Gasteiger partial charge in [0.15, 0.2) is 0 Å². The molecule has 1 N–H and O–H groups in total. The van der Waals surface area contributed by atoms with Gasteiger partial charge in [-0.25, -0.2) is 4.79 Å². The minimum Gasteiger partial charge on any atom is -0.444 e. The summed E-state index contributed by atoms with van der Waals surface area (Å²) in [6, 6.07) is -0.0531. The molecular formula is C15H27NO3. The van der Waals surface area contributed by atoms with Crippen molar-refractivity contribution in [2.24, 2.45) is 0 Å². The lowest BCUT2D eigenvalue weighted by Crippen LogP contribution is -2.53. The molecule has 19 heavy (non-hydrogen) atoms. The average molecular weight is 269 g/mol. The van der Waals surface area contributed by atoms with Crippen molar-refractivity contribution in [3.05, 3.63) is 0 Å². The maximum absolute atomic E-state index is 12.2. The Morgan fingerprint density at radius 1 is 1.21 bits per heavy atom. The second kappa shape index (κ2) is 5.31. The largest absolute Gasteiger partial charge is 0.444 e. The van der Waals surface area contributed by atoms with Gasteiger partial charge in [0.05, 0.1) is 11.6 Å². The number of likely N-dealkylation sites (tertiary alicyclic amines) is 1. The average Bonchev–Trinajstić information content (AvgIpc) is 2.77. The van der Waals surface area contributed by atoms with E-state index < -0.39 is 11.2 Å². The van der Waals surface area contributed by atoms with Crippen LogP contribution in [0.1, 0.15) is 65.7 Å². The smallest absolute Gasteiger partial charge is 0.410 e. The van der Waals surface area contributed by atoms with Crippen LogP contribution in [0.3, 0.4) is 0 Å². The minimum absolute atomic E-state index is 0.0531. The third-order valence-electron chi connectivity index (χ3n) is 4.22. The van der Waals surface area contributed by atoms with E-state index in [1.165, 1.54) is 6.42 Å². The number of carbonyl (C=O) groups is 1. The topological polar surface area (TPSA) is 49.8 Å². The van der Waals surface area contributed by atoms with Crippen LogP contribution in [0.4, 0.5) is 4.79 Å². The molecule has 1 aliphatic heterocycles. The standard InChI is InChI=1S/C15H27NO3/c1-14(2,3)19-13(17)16-11-7-8-12(16)15(18)9-5-4-6-10-15/h12,18H,4-11H2,1-3H3/t12-/m0/s1. The summed E-state index contributed by atoms with van der Waals surface area (Å²) in [4.78, 5) is 14.0. The van der Waals surface area contributed by atoms with Crippen LogP contribution in [0, 0.1) is 0 Å². The fourth-order valence-corrected chi connectivity index (χ4v) is 3.36. The zero-order valence-electron chi connectivity index (χ0n) is 12.4. The summed E-state index contributed by atoms with van der Waals surface area (Å²) in [5.74, 6) is 0. The predicted molar refractivity (Wildman–Crippen MR) is 74.0 cm³/mol. The molecule has 1 aliphatic carbocycles. The third-order valence-corrected chi connectivity index (χ3v) is 4.22. The fourth-order valence-electron chi connectivity index (χ4n) is 3.36. The van der Waals surface area contributed by atoms with E-state index in [1.54, 1.807) is 4.90 Å². The molecule has 1 atom stereocenters. The van der Waals surface area contributed by atoms with Crippen molar-refractivity contribution in [2.45, 2.75) is 83.0 Å². The van der Waals surface area contributed by atoms with Crippen LogP contribution >= 0.6 is 0 Å². The summed E-state index contributed by atoms with van der Waals surface area (Å²) >= 11 is 0. The molecule has 2 rings (SSSR count). The van der Waals surface area contributed by atoms with Gasteiger partial charge < -0.3 is 14.7 Å². The van der Waals surface area contributed by atoms with Gasteiger partial charge in [0.25, 0.3) is 0 Å². The molecule has 0 bridgehead atoms. The van der Waals surface area contributed by atoms with Crippen LogP contribution in [0.2, 0.25) is 0 Å². The lowest BCUT2D eigenvalue weighted by molar-refractivity contribution is -0.0647. The van der Waals surface area contributed by atoms with Gasteiger partial charge in [0, 0.05) is 6.54 Å². The molecule has 1 saturated carbocycles. The quantitative estimate of drug-likeness (QED) is 0.796. The highest BCUT2D eigenvalue weighted by Crippen LogP contribution is 2.38. The molecule has 4 nitrogen and oxygen atoms in total. The van der Waals surface area contributed by atoms with Gasteiger partial charge in [-0.05, 0) is 46.5 Å². The molecule has 0 spiro atoms. The second-order valence-electron chi connectivity index (χ2n) is 7.00. The van der Waals surface area contributed by atoms with Crippen LogP contribution in [0.15, 0.2) is 0 Å². The first kappa shape index (κ1) is 14.6. The Bertz CT molecular complexity index is 329. The number of ether oxygens (including phenoxy) is 1. The Balaban J connectivity index is 2.06. The van der Waals surface area contributed by atoms with E-state index in [2.05, 4.69) is 0 Å². The first-order valence-electron chi connectivity index (χ1n) is 7.54. The molecule has 2 aliphatic rings. The van der Waals surface area contributed by atoms with Crippen molar-refractivity contribution in [3.63, 3.8) is 0 Å². The van der Waals surface area contributed by atoms with E-state index in [0.717, 1.165) is 38.5 Å². The summed E-state index contributed by atoms with van der Waals surface area (Å²) < 4.78 is 5.46. The van der Waals surface area contributed by atoms with Crippen LogP contribution in [-0.4, -0.2) is 39.9 Å². The number of carbonyl (C=O) groups excluding carboxylic acids is 1. The zero-order chi connectivity index (χ0) is 14.1. The summed E-state index contributed by atoms with van der Waals surface area (Å²) in [7, 11) is 0. The maximum Gasteiger partial charge on any atom is 0.410 e. The van der Waals surface area contributed by atoms with E-state index in [-0.39, 0.29) is 12.1 Å². The highest BCUT2D eigenvalue weighted by molar-refractivity contribution is 5.69. The number of hydrogen-bond donors (Lipinski definition) is 1. The molecule has 0 unspecified atom stereocenters. The van der Waals surface area contributed by atoms with Gasteiger partial charge in [-0.3, -0.25) is 0 Å². The highest BCUT2D eigenvalue weighted by Gasteiger charge is 2.45. The van der Waals surface area contributed by atoms with Gasteiger partial charge in [0.1, 0.15) is 5.60 Å². The molecule has 2 fully saturated rings. The summed E-state index contributed by atoms with van der Waals surface area (Å²) in [5.41, 5.74) is -1.16. The predicted octanol–water partition coefficient (Wildman–Crippen LogP) is 3.08. The van der Waals surface area contributed by atoms with Crippen molar-refractivity contribution < 1.29 is 14.6 Å². The maximum atomic E-state index is 12.2. The van der Waals surface area contributed by atoms with E-state index in [9.17, 15) is 9.90 Å². The molecule has 1 heterocycles. The van der Waals surface area contributed by atoms with Crippen molar-refractivity contribution in [1.82, 2.24) is 4.90 Å².